The molecule has 0 fully saturated rings. The first-order valence-electron chi connectivity index (χ1n) is 3.89. The van der Waals surface area contributed by atoms with Crippen LogP contribution in [0.1, 0.15) is 11.1 Å². The first kappa shape index (κ1) is 9.53. The normalized spacial score (nSPS) is 9.38. The van der Waals surface area contributed by atoms with E-state index in [1.54, 1.807) is 13.0 Å². The molecule has 2 nitrogen and oxygen atoms in total. The number of nitrogens with zero attached hydrogens (tertiary/aromatic N) is 1. The number of aryl methyl sites for hydroxylation is 1. The van der Waals surface area contributed by atoms with Crippen molar-refractivity contribution in [2.45, 2.75) is 13.3 Å². The van der Waals surface area contributed by atoms with E-state index in [-0.39, 0.29) is 18.0 Å². The minimum atomic E-state index is -0.387. The topological polar surface area (TPSA) is 33.0 Å². The van der Waals surface area contributed by atoms with Crippen molar-refractivity contribution in [2.24, 2.45) is 0 Å². The van der Waals surface area contributed by atoms with Crippen molar-refractivity contribution in [3.8, 4) is 11.8 Å². The van der Waals surface area contributed by atoms with Gasteiger partial charge in [0.1, 0.15) is 0 Å². The van der Waals surface area contributed by atoms with Crippen LogP contribution in [0.15, 0.2) is 12.1 Å². The van der Waals surface area contributed by atoms with Crippen LogP contribution in [0.4, 0.5) is 4.39 Å². The molecule has 0 saturated heterocycles. The maximum atomic E-state index is 13.1. The Bertz CT molecular complexity index is 355. The Kier molecular flexibility index (Phi) is 2.86. The SMILES string of the molecule is COc1cc(CC#N)c(C)cc1F. The van der Waals surface area contributed by atoms with Gasteiger partial charge in [0, 0.05) is 0 Å². The van der Waals surface area contributed by atoms with Crippen LogP contribution >= 0.6 is 0 Å². The lowest BCUT2D eigenvalue weighted by Crippen LogP contribution is -1.94. The maximum Gasteiger partial charge on any atom is 0.165 e. The molecular weight excluding hydrogens is 169 g/mol. The van der Waals surface area contributed by atoms with Crippen molar-refractivity contribution in [2.75, 3.05) is 7.11 Å². The van der Waals surface area contributed by atoms with Gasteiger partial charge in [-0.3, -0.25) is 0 Å². The third-order valence-corrected chi connectivity index (χ3v) is 1.88. The van der Waals surface area contributed by atoms with Gasteiger partial charge in [0.05, 0.1) is 19.6 Å². The smallest absolute Gasteiger partial charge is 0.165 e. The van der Waals surface area contributed by atoms with Gasteiger partial charge in [-0.05, 0) is 30.2 Å². The maximum absolute atomic E-state index is 13.1. The van der Waals surface area contributed by atoms with Crippen LogP contribution in [0.25, 0.3) is 0 Å². The number of hydrogen-bond acceptors (Lipinski definition) is 2. The predicted molar refractivity (Wildman–Crippen MR) is 47.0 cm³/mol. The van der Waals surface area contributed by atoms with E-state index >= 15 is 0 Å². The van der Waals surface area contributed by atoms with E-state index in [4.69, 9.17) is 10.00 Å². The molecule has 68 valence electrons. The van der Waals surface area contributed by atoms with Gasteiger partial charge in [-0.25, -0.2) is 4.39 Å². The van der Waals surface area contributed by atoms with Crippen molar-refractivity contribution >= 4 is 0 Å². The molecule has 0 spiro atoms. The number of nitriles is 1. The van der Waals surface area contributed by atoms with Gasteiger partial charge in [0.2, 0.25) is 0 Å². The molecule has 0 amide bonds. The van der Waals surface area contributed by atoms with E-state index in [0.717, 1.165) is 11.1 Å². The van der Waals surface area contributed by atoms with E-state index in [1.165, 1.54) is 13.2 Å². The summed E-state index contributed by atoms with van der Waals surface area (Å²) in [5.74, 6) is -0.197. The second-order valence-corrected chi connectivity index (χ2v) is 2.75. The summed E-state index contributed by atoms with van der Waals surface area (Å²) in [6.07, 6.45) is 0.280. The Morgan fingerprint density at radius 3 is 2.77 bits per heavy atom. The molecule has 0 N–H and O–H groups in total. The summed E-state index contributed by atoms with van der Waals surface area (Å²) in [5, 5.41) is 8.49. The average Bonchev–Trinajstić information content (AvgIpc) is 2.10. The lowest BCUT2D eigenvalue weighted by Gasteiger charge is -2.06. The number of ether oxygens (including phenoxy) is 1. The van der Waals surface area contributed by atoms with Crippen molar-refractivity contribution in [1.82, 2.24) is 0 Å². The minimum Gasteiger partial charge on any atom is -0.494 e. The zero-order valence-electron chi connectivity index (χ0n) is 7.60. The quantitative estimate of drug-likeness (QED) is 0.697. The van der Waals surface area contributed by atoms with Crippen LogP contribution in [0, 0.1) is 24.1 Å². The molecule has 0 aliphatic heterocycles. The highest BCUT2D eigenvalue weighted by atomic mass is 19.1. The summed E-state index contributed by atoms with van der Waals surface area (Å²) >= 11 is 0. The van der Waals surface area contributed by atoms with E-state index in [0.29, 0.717) is 0 Å². The summed E-state index contributed by atoms with van der Waals surface area (Å²) in [6.45, 7) is 1.77. The predicted octanol–water partition coefficient (Wildman–Crippen LogP) is 2.21. The Morgan fingerprint density at radius 2 is 2.23 bits per heavy atom. The van der Waals surface area contributed by atoms with Crippen molar-refractivity contribution < 1.29 is 9.13 Å². The Morgan fingerprint density at radius 1 is 1.54 bits per heavy atom. The molecule has 1 aromatic carbocycles. The van der Waals surface area contributed by atoms with Crippen LogP contribution < -0.4 is 4.74 Å². The van der Waals surface area contributed by atoms with E-state index in [9.17, 15) is 4.39 Å². The highest BCUT2D eigenvalue weighted by Crippen LogP contribution is 2.21. The number of methoxy groups -OCH3 is 1. The zero-order valence-corrected chi connectivity index (χ0v) is 7.60. The molecule has 0 atom stereocenters. The van der Waals surface area contributed by atoms with Crippen molar-refractivity contribution in [3.05, 3.63) is 29.1 Å². The molecule has 3 heteroatoms. The fourth-order valence-corrected chi connectivity index (χ4v) is 1.13. The lowest BCUT2D eigenvalue weighted by molar-refractivity contribution is 0.386. The lowest BCUT2D eigenvalue weighted by atomic mass is 10.1. The van der Waals surface area contributed by atoms with E-state index in [1.807, 2.05) is 6.07 Å². The molecule has 0 heterocycles. The fourth-order valence-electron chi connectivity index (χ4n) is 1.13. The van der Waals surface area contributed by atoms with Gasteiger partial charge in [-0.1, -0.05) is 0 Å². The minimum absolute atomic E-state index is 0.191. The monoisotopic (exact) mass is 179 g/mol. The van der Waals surface area contributed by atoms with Gasteiger partial charge < -0.3 is 4.74 Å². The fraction of sp³-hybridized carbons (Fsp3) is 0.300. The summed E-state index contributed by atoms with van der Waals surface area (Å²) in [5.41, 5.74) is 1.58. The third kappa shape index (κ3) is 1.97. The molecule has 13 heavy (non-hydrogen) atoms. The van der Waals surface area contributed by atoms with Gasteiger partial charge in [0.25, 0.3) is 0 Å². The van der Waals surface area contributed by atoms with Gasteiger partial charge in [-0.2, -0.15) is 5.26 Å². The van der Waals surface area contributed by atoms with E-state index < -0.39 is 0 Å². The van der Waals surface area contributed by atoms with Crippen LogP contribution in [-0.2, 0) is 6.42 Å². The molecule has 1 rings (SSSR count). The highest BCUT2D eigenvalue weighted by molar-refractivity contribution is 5.37. The first-order valence-corrected chi connectivity index (χ1v) is 3.89. The number of benzene rings is 1. The molecule has 1 aromatic rings. The molecule has 0 aliphatic carbocycles. The largest absolute Gasteiger partial charge is 0.494 e. The van der Waals surface area contributed by atoms with Crippen molar-refractivity contribution in [1.29, 1.82) is 5.26 Å². The average molecular weight is 179 g/mol. The van der Waals surface area contributed by atoms with Crippen LogP contribution in [-0.4, -0.2) is 7.11 Å². The summed E-state index contributed by atoms with van der Waals surface area (Å²) in [6, 6.07) is 4.96. The highest BCUT2D eigenvalue weighted by Gasteiger charge is 2.06. The molecule has 0 aromatic heterocycles. The summed E-state index contributed by atoms with van der Waals surface area (Å²) in [7, 11) is 1.41. The standard InChI is InChI=1S/C10H10FNO/c1-7-5-9(11)10(13-2)6-8(7)3-4-12/h5-6H,3H2,1-2H3. The van der Waals surface area contributed by atoms with Crippen LogP contribution in [0.2, 0.25) is 0 Å². The Hall–Kier alpha value is -1.56. The van der Waals surface area contributed by atoms with Crippen molar-refractivity contribution in [3.63, 3.8) is 0 Å². The molecule has 0 aliphatic rings. The third-order valence-electron chi connectivity index (χ3n) is 1.88. The molecular formula is C10H10FNO. The molecule has 0 saturated carbocycles. The van der Waals surface area contributed by atoms with E-state index in [2.05, 4.69) is 0 Å². The van der Waals surface area contributed by atoms with Gasteiger partial charge >= 0.3 is 0 Å². The summed E-state index contributed by atoms with van der Waals surface area (Å²) < 4.78 is 17.9. The Balaban J connectivity index is 3.16. The Labute approximate surface area is 76.6 Å². The van der Waals surface area contributed by atoms with Gasteiger partial charge in [-0.15, -0.1) is 0 Å². The van der Waals surface area contributed by atoms with Crippen LogP contribution in [0.3, 0.4) is 0 Å². The summed E-state index contributed by atoms with van der Waals surface area (Å²) in [4.78, 5) is 0. The molecule has 0 bridgehead atoms. The zero-order chi connectivity index (χ0) is 9.84. The van der Waals surface area contributed by atoms with Crippen LogP contribution in [0.5, 0.6) is 5.75 Å². The second kappa shape index (κ2) is 3.90. The number of hydrogen-bond donors (Lipinski definition) is 0. The number of halogens is 1. The first-order chi connectivity index (χ1) is 6.19. The molecule has 0 unspecified atom stereocenters. The molecule has 0 radical (unpaired) electrons. The number of rotatable bonds is 2. The second-order valence-electron chi connectivity index (χ2n) is 2.75. The van der Waals surface area contributed by atoms with Gasteiger partial charge in [0.15, 0.2) is 11.6 Å².